The van der Waals surface area contributed by atoms with Crippen molar-refractivity contribution < 1.29 is 4.74 Å². The van der Waals surface area contributed by atoms with Crippen LogP contribution in [0, 0.1) is 5.92 Å². The van der Waals surface area contributed by atoms with Crippen LogP contribution in [-0.2, 0) is 17.8 Å². The number of hydrogen-bond acceptors (Lipinski definition) is 4. The van der Waals surface area contributed by atoms with Crippen LogP contribution in [0.15, 0.2) is 12.1 Å². The van der Waals surface area contributed by atoms with Crippen molar-refractivity contribution in [1.29, 1.82) is 0 Å². The highest BCUT2D eigenvalue weighted by molar-refractivity contribution is 7.11. The van der Waals surface area contributed by atoms with Gasteiger partial charge in [0.1, 0.15) is 0 Å². The van der Waals surface area contributed by atoms with Crippen molar-refractivity contribution in [3.05, 3.63) is 21.9 Å². The van der Waals surface area contributed by atoms with Gasteiger partial charge in [-0.3, -0.25) is 4.90 Å². The molecule has 1 aromatic heterocycles. The highest BCUT2D eigenvalue weighted by atomic mass is 32.1. The van der Waals surface area contributed by atoms with E-state index in [-0.39, 0.29) is 0 Å². The van der Waals surface area contributed by atoms with Crippen molar-refractivity contribution in [2.45, 2.75) is 44.8 Å². The van der Waals surface area contributed by atoms with Crippen molar-refractivity contribution in [2.24, 2.45) is 5.92 Å². The van der Waals surface area contributed by atoms with E-state index in [4.69, 9.17) is 4.74 Å². The molecule has 1 saturated carbocycles. The maximum absolute atomic E-state index is 5.31. The molecule has 0 aromatic carbocycles. The van der Waals surface area contributed by atoms with Gasteiger partial charge in [-0.05, 0) is 50.3 Å². The van der Waals surface area contributed by atoms with Gasteiger partial charge in [-0.1, -0.05) is 0 Å². The first-order valence-corrected chi connectivity index (χ1v) is 8.67. The van der Waals surface area contributed by atoms with Gasteiger partial charge < -0.3 is 10.1 Å². The van der Waals surface area contributed by atoms with Crippen molar-refractivity contribution in [3.8, 4) is 0 Å². The van der Waals surface area contributed by atoms with E-state index < -0.39 is 0 Å². The quantitative estimate of drug-likeness (QED) is 0.837. The summed E-state index contributed by atoms with van der Waals surface area (Å²) < 4.78 is 5.31. The molecule has 20 heavy (non-hydrogen) atoms. The SMILES string of the molecule is COCC1CCCN(Cc2ccc(CNC3CC3)s2)C1. The summed E-state index contributed by atoms with van der Waals surface area (Å²) in [5, 5.41) is 3.59. The van der Waals surface area contributed by atoms with E-state index in [9.17, 15) is 0 Å². The molecule has 0 amide bonds. The van der Waals surface area contributed by atoms with Crippen LogP contribution in [0.4, 0.5) is 0 Å². The summed E-state index contributed by atoms with van der Waals surface area (Å²) in [5.41, 5.74) is 0. The molecule has 1 unspecified atom stereocenters. The Kier molecular flexibility index (Phi) is 5.10. The monoisotopic (exact) mass is 294 g/mol. The predicted molar refractivity (Wildman–Crippen MR) is 84.1 cm³/mol. The largest absolute Gasteiger partial charge is 0.384 e. The predicted octanol–water partition coefficient (Wildman–Crippen LogP) is 2.86. The van der Waals surface area contributed by atoms with Crippen LogP contribution in [0.3, 0.4) is 0 Å². The Balaban J connectivity index is 1.46. The number of nitrogens with one attached hydrogen (secondary N) is 1. The average molecular weight is 294 g/mol. The Hall–Kier alpha value is -0.420. The molecule has 1 atom stereocenters. The van der Waals surface area contributed by atoms with Crippen LogP contribution in [0.25, 0.3) is 0 Å². The van der Waals surface area contributed by atoms with Crippen LogP contribution in [-0.4, -0.2) is 37.7 Å². The number of hydrogen-bond donors (Lipinski definition) is 1. The summed E-state index contributed by atoms with van der Waals surface area (Å²) in [4.78, 5) is 5.59. The second-order valence-corrected chi connectivity index (χ2v) is 7.47. The topological polar surface area (TPSA) is 24.5 Å². The summed E-state index contributed by atoms with van der Waals surface area (Å²) in [6, 6.07) is 5.41. The van der Waals surface area contributed by atoms with E-state index in [0.717, 1.165) is 31.7 Å². The second-order valence-electron chi connectivity index (χ2n) is 6.22. The number of rotatable bonds is 7. The van der Waals surface area contributed by atoms with Crippen molar-refractivity contribution in [1.82, 2.24) is 10.2 Å². The maximum atomic E-state index is 5.31. The molecule has 1 aromatic rings. The van der Waals surface area contributed by atoms with Gasteiger partial charge in [-0.2, -0.15) is 0 Å². The molecular weight excluding hydrogens is 268 g/mol. The first kappa shape index (κ1) is 14.5. The number of ether oxygens (including phenoxy) is 1. The van der Waals surface area contributed by atoms with Crippen LogP contribution >= 0.6 is 11.3 Å². The van der Waals surface area contributed by atoms with E-state index in [1.165, 1.54) is 48.5 Å². The molecule has 112 valence electrons. The molecule has 1 saturated heterocycles. The maximum Gasteiger partial charge on any atom is 0.0502 e. The van der Waals surface area contributed by atoms with Gasteiger partial charge in [0, 0.05) is 42.5 Å². The molecule has 2 heterocycles. The summed E-state index contributed by atoms with van der Waals surface area (Å²) in [5.74, 6) is 0.727. The fourth-order valence-electron chi connectivity index (χ4n) is 3.02. The Labute approximate surface area is 126 Å². The Morgan fingerprint density at radius 3 is 2.95 bits per heavy atom. The lowest BCUT2D eigenvalue weighted by Gasteiger charge is -2.31. The third-order valence-corrected chi connectivity index (χ3v) is 5.31. The number of methoxy groups -OCH3 is 1. The lowest BCUT2D eigenvalue weighted by molar-refractivity contribution is 0.0878. The number of nitrogens with zero attached hydrogens (tertiary/aromatic N) is 1. The molecule has 3 rings (SSSR count). The zero-order chi connectivity index (χ0) is 13.8. The summed E-state index contributed by atoms with van der Waals surface area (Å²) in [6.07, 6.45) is 5.38. The van der Waals surface area contributed by atoms with Crippen molar-refractivity contribution >= 4 is 11.3 Å². The van der Waals surface area contributed by atoms with Crippen LogP contribution in [0.1, 0.15) is 35.4 Å². The Morgan fingerprint density at radius 2 is 2.15 bits per heavy atom. The molecule has 1 aliphatic heterocycles. The molecule has 1 N–H and O–H groups in total. The molecule has 1 aliphatic carbocycles. The molecule has 0 spiro atoms. The molecule has 0 radical (unpaired) electrons. The fourth-order valence-corrected chi connectivity index (χ4v) is 4.03. The van der Waals surface area contributed by atoms with Gasteiger partial charge in [0.2, 0.25) is 0 Å². The first-order chi connectivity index (χ1) is 9.83. The molecular formula is C16H26N2OS. The Morgan fingerprint density at radius 1 is 1.30 bits per heavy atom. The minimum atomic E-state index is 0.727. The smallest absolute Gasteiger partial charge is 0.0502 e. The van der Waals surface area contributed by atoms with Crippen molar-refractivity contribution in [2.75, 3.05) is 26.8 Å². The molecule has 3 nitrogen and oxygen atoms in total. The molecule has 0 bridgehead atoms. The standard InChI is InChI=1S/C16H26N2OS/c1-19-12-13-3-2-8-18(10-13)11-16-7-6-15(20-16)9-17-14-4-5-14/h6-7,13-14,17H,2-5,8-12H2,1H3. The lowest BCUT2D eigenvalue weighted by atomic mass is 9.99. The Bertz CT molecular complexity index is 414. The van der Waals surface area contributed by atoms with E-state index in [0.29, 0.717) is 0 Å². The van der Waals surface area contributed by atoms with Crippen molar-refractivity contribution in [3.63, 3.8) is 0 Å². The fraction of sp³-hybridized carbons (Fsp3) is 0.750. The van der Waals surface area contributed by atoms with Crippen LogP contribution in [0.5, 0.6) is 0 Å². The zero-order valence-corrected chi connectivity index (χ0v) is 13.3. The van der Waals surface area contributed by atoms with E-state index in [1.807, 2.05) is 18.4 Å². The molecule has 2 aliphatic rings. The van der Waals surface area contributed by atoms with E-state index in [2.05, 4.69) is 22.3 Å². The first-order valence-electron chi connectivity index (χ1n) is 7.86. The normalized spacial score (nSPS) is 24.1. The lowest BCUT2D eigenvalue weighted by Crippen LogP contribution is -2.36. The van der Waals surface area contributed by atoms with Gasteiger partial charge in [-0.15, -0.1) is 11.3 Å². The number of piperidine rings is 1. The van der Waals surface area contributed by atoms with Gasteiger partial charge in [0.15, 0.2) is 0 Å². The van der Waals surface area contributed by atoms with Gasteiger partial charge in [0.25, 0.3) is 0 Å². The van der Waals surface area contributed by atoms with Gasteiger partial charge >= 0.3 is 0 Å². The summed E-state index contributed by atoms with van der Waals surface area (Å²) in [7, 11) is 1.82. The highest BCUT2D eigenvalue weighted by Gasteiger charge is 2.21. The minimum absolute atomic E-state index is 0.727. The van der Waals surface area contributed by atoms with Gasteiger partial charge in [-0.25, -0.2) is 0 Å². The zero-order valence-electron chi connectivity index (χ0n) is 12.4. The minimum Gasteiger partial charge on any atom is -0.384 e. The third-order valence-electron chi connectivity index (χ3n) is 4.24. The number of thiophene rings is 1. The van der Waals surface area contributed by atoms with Crippen LogP contribution < -0.4 is 5.32 Å². The number of likely N-dealkylation sites (tertiary alicyclic amines) is 1. The summed E-state index contributed by atoms with van der Waals surface area (Å²) in [6.45, 7) is 5.53. The second kappa shape index (κ2) is 7.03. The molecule has 4 heteroatoms. The average Bonchev–Trinajstić information content (AvgIpc) is 3.18. The summed E-state index contributed by atoms with van der Waals surface area (Å²) >= 11 is 1.98. The van der Waals surface area contributed by atoms with E-state index in [1.54, 1.807) is 0 Å². The third kappa shape index (κ3) is 4.29. The van der Waals surface area contributed by atoms with Gasteiger partial charge in [0.05, 0.1) is 6.61 Å². The highest BCUT2D eigenvalue weighted by Crippen LogP contribution is 2.24. The molecule has 2 fully saturated rings. The van der Waals surface area contributed by atoms with Crippen LogP contribution in [0.2, 0.25) is 0 Å². The van der Waals surface area contributed by atoms with E-state index >= 15 is 0 Å².